The number of nitrogens with one attached hydrogen (secondary N) is 1. The van der Waals surface area contributed by atoms with Crippen LogP contribution in [0.4, 0.5) is 0 Å². The van der Waals surface area contributed by atoms with E-state index in [1.165, 1.54) is 32.1 Å². The van der Waals surface area contributed by atoms with Gasteiger partial charge in [0.2, 0.25) is 5.91 Å². The zero-order valence-electron chi connectivity index (χ0n) is 16.9. The summed E-state index contributed by atoms with van der Waals surface area (Å²) < 4.78 is 0. The van der Waals surface area contributed by atoms with Crippen molar-refractivity contribution in [3.05, 3.63) is 0 Å². The molecule has 2 aliphatic rings. The molecule has 0 bridgehead atoms. The van der Waals surface area contributed by atoms with Gasteiger partial charge in [0.25, 0.3) is 0 Å². The first-order valence-corrected chi connectivity index (χ1v) is 10.1. The molecule has 0 aromatic rings. The van der Waals surface area contributed by atoms with Crippen LogP contribution in [0.2, 0.25) is 0 Å². The van der Waals surface area contributed by atoms with Gasteiger partial charge in [-0.3, -0.25) is 14.7 Å². The summed E-state index contributed by atoms with van der Waals surface area (Å²) in [6, 6.07) is 0. The summed E-state index contributed by atoms with van der Waals surface area (Å²) in [7, 11) is 1.86. The van der Waals surface area contributed by atoms with Crippen molar-refractivity contribution in [3.63, 3.8) is 0 Å². The van der Waals surface area contributed by atoms with E-state index in [-0.39, 0.29) is 24.0 Å². The Morgan fingerprint density at radius 1 is 1.00 bits per heavy atom. The summed E-state index contributed by atoms with van der Waals surface area (Å²) in [5.41, 5.74) is 0. The molecule has 2 aliphatic heterocycles. The molecule has 0 spiro atoms. The summed E-state index contributed by atoms with van der Waals surface area (Å²) in [5.74, 6) is 2.10. The Balaban J connectivity index is 0.00000338. The van der Waals surface area contributed by atoms with Crippen LogP contribution in [-0.2, 0) is 4.79 Å². The lowest BCUT2D eigenvalue weighted by Gasteiger charge is -2.36. The molecule has 0 aromatic carbocycles. The Bertz CT molecular complexity index is 430. The van der Waals surface area contributed by atoms with E-state index in [9.17, 15) is 4.79 Å². The van der Waals surface area contributed by atoms with Gasteiger partial charge in [-0.05, 0) is 25.2 Å². The second kappa shape index (κ2) is 12.8. The zero-order valence-corrected chi connectivity index (χ0v) is 19.2. The first-order valence-electron chi connectivity index (χ1n) is 10.1. The zero-order chi connectivity index (χ0) is 18.1. The smallest absolute Gasteiger partial charge is 0.236 e. The van der Waals surface area contributed by atoms with Crippen molar-refractivity contribution >= 4 is 35.8 Å². The van der Waals surface area contributed by atoms with Crippen LogP contribution in [0.3, 0.4) is 0 Å². The molecule has 0 aliphatic carbocycles. The summed E-state index contributed by atoms with van der Waals surface area (Å²) in [6.07, 6.45) is 6.09. The van der Waals surface area contributed by atoms with Gasteiger partial charge in [0.05, 0.1) is 6.54 Å². The van der Waals surface area contributed by atoms with Gasteiger partial charge in [-0.25, -0.2) is 0 Å². The Hall–Kier alpha value is -0.570. The van der Waals surface area contributed by atoms with Crippen LogP contribution in [0.25, 0.3) is 0 Å². The molecule has 1 amide bonds. The maximum Gasteiger partial charge on any atom is 0.236 e. The molecule has 26 heavy (non-hydrogen) atoms. The predicted molar refractivity (Wildman–Crippen MR) is 119 cm³/mol. The number of nitrogens with zero attached hydrogens (tertiary/aromatic N) is 4. The van der Waals surface area contributed by atoms with Crippen LogP contribution >= 0.6 is 24.0 Å². The summed E-state index contributed by atoms with van der Waals surface area (Å²) in [4.78, 5) is 23.3. The summed E-state index contributed by atoms with van der Waals surface area (Å²) in [6.45, 7) is 11.8. The molecule has 2 fully saturated rings. The quantitative estimate of drug-likeness (QED) is 0.264. The third-order valence-electron chi connectivity index (χ3n) is 5.19. The highest BCUT2D eigenvalue weighted by molar-refractivity contribution is 14.0. The standard InChI is InChI=1S/C19H37N5O.HI/c1-17(2)8-4-5-9-21-19(20-3)24-14-12-22(13-15-24)16-18(25)23-10-6-7-11-23;/h17H,4-16H2,1-3H3,(H,20,21);1H. The average Bonchev–Trinajstić information content (AvgIpc) is 3.13. The fourth-order valence-electron chi connectivity index (χ4n) is 3.59. The highest BCUT2D eigenvalue weighted by Crippen LogP contribution is 2.10. The molecule has 7 heteroatoms. The first-order chi connectivity index (χ1) is 12.1. The molecule has 0 saturated carbocycles. The van der Waals surface area contributed by atoms with E-state index in [1.807, 2.05) is 11.9 Å². The minimum Gasteiger partial charge on any atom is -0.356 e. The van der Waals surface area contributed by atoms with Crippen LogP contribution in [0.1, 0.15) is 46.0 Å². The molecule has 1 N–H and O–H groups in total. The van der Waals surface area contributed by atoms with Crippen molar-refractivity contribution in [2.45, 2.75) is 46.0 Å². The molecule has 0 radical (unpaired) electrons. The number of hydrogen-bond donors (Lipinski definition) is 1. The molecule has 6 nitrogen and oxygen atoms in total. The van der Waals surface area contributed by atoms with Gasteiger partial charge in [0.15, 0.2) is 5.96 Å². The number of aliphatic imine (C=N–C) groups is 1. The third kappa shape index (κ3) is 7.98. The van der Waals surface area contributed by atoms with Gasteiger partial charge in [-0.1, -0.05) is 26.7 Å². The van der Waals surface area contributed by atoms with Crippen molar-refractivity contribution in [1.29, 1.82) is 0 Å². The van der Waals surface area contributed by atoms with Crippen molar-refractivity contribution in [2.24, 2.45) is 10.9 Å². The number of unbranched alkanes of at least 4 members (excludes halogenated alkanes) is 1. The van der Waals surface area contributed by atoms with Gasteiger partial charge >= 0.3 is 0 Å². The second-order valence-corrected chi connectivity index (χ2v) is 7.71. The van der Waals surface area contributed by atoms with E-state index >= 15 is 0 Å². The SMILES string of the molecule is CN=C(NCCCCC(C)C)N1CCN(CC(=O)N2CCCC2)CC1.I. The normalized spacial score (nSPS) is 19.0. The first kappa shape index (κ1) is 23.5. The van der Waals surface area contributed by atoms with Crippen LogP contribution in [-0.4, -0.2) is 86.0 Å². The number of hydrogen-bond acceptors (Lipinski definition) is 3. The molecular formula is C19H38IN5O. The molecule has 0 unspecified atom stereocenters. The Morgan fingerprint density at radius 2 is 1.65 bits per heavy atom. The van der Waals surface area contributed by atoms with Crippen LogP contribution in [0.15, 0.2) is 4.99 Å². The number of likely N-dealkylation sites (tertiary alicyclic amines) is 1. The fourth-order valence-corrected chi connectivity index (χ4v) is 3.59. The van der Waals surface area contributed by atoms with E-state index in [2.05, 4.69) is 34.0 Å². The molecule has 0 aromatic heterocycles. The topological polar surface area (TPSA) is 51.2 Å². The van der Waals surface area contributed by atoms with Crippen LogP contribution in [0, 0.1) is 5.92 Å². The van der Waals surface area contributed by atoms with Crippen LogP contribution in [0.5, 0.6) is 0 Å². The lowest BCUT2D eigenvalue weighted by Crippen LogP contribution is -2.54. The molecule has 152 valence electrons. The summed E-state index contributed by atoms with van der Waals surface area (Å²) >= 11 is 0. The highest BCUT2D eigenvalue weighted by Gasteiger charge is 2.24. The van der Waals surface area contributed by atoms with Crippen molar-refractivity contribution in [2.75, 3.05) is 59.4 Å². The molecular weight excluding hydrogens is 441 g/mol. The molecule has 2 rings (SSSR count). The van der Waals surface area contributed by atoms with E-state index < -0.39 is 0 Å². The Labute approximate surface area is 176 Å². The lowest BCUT2D eigenvalue weighted by molar-refractivity contribution is -0.131. The molecule has 0 atom stereocenters. The second-order valence-electron chi connectivity index (χ2n) is 7.71. The number of carbonyl (C=O) groups is 1. The number of amides is 1. The van der Waals surface area contributed by atoms with Gasteiger partial charge in [-0.15, -0.1) is 24.0 Å². The fraction of sp³-hybridized carbons (Fsp3) is 0.895. The van der Waals surface area contributed by atoms with E-state index in [1.54, 1.807) is 0 Å². The average molecular weight is 479 g/mol. The number of guanidine groups is 1. The molecule has 2 heterocycles. The number of halogens is 1. The van der Waals surface area contributed by atoms with Gasteiger partial charge < -0.3 is 15.1 Å². The maximum absolute atomic E-state index is 12.3. The van der Waals surface area contributed by atoms with Crippen molar-refractivity contribution < 1.29 is 4.79 Å². The van der Waals surface area contributed by atoms with E-state index in [0.717, 1.165) is 57.7 Å². The maximum atomic E-state index is 12.3. The predicted octanol–water partition coefficient (Wildman–Crippen LogP) is 2.25. The van der Waals surface area contributed by atoms with Gasteiger partial charge in [0, 0.05) is 52.9 Å². The monoisotopic (exact) mass is 479 g/mol. The largest absolute Gasteiger partial charge is 0.356 e. The van der Waals surface area contributed by atoms with E-state index in [4.69, 9.17) is 0 Å². The lowest BCUT2D eigenvalue weighted by atomic mass is 10.1. The Kier molecular flexibility index (Phi) is 11.5. The Morgan fingerprint density at radius 3 is 2.23 bits per heavy atom. The summed E-state index contributed by atoms with van der Waals surface area (Å²) in [5, 5.41) is 3.50. The van der Waals surface area contributed by atoms with Crippen molar-refractivity contribution in [3.8, 4) is 0 Å². The number of piperazine rings is 1. The minimum atomic E-state index is 0. The minimum absolute atomic E-state index is 0. The van der Waals surface area contributed by atoms with Gasteiger partial charge in [-0.2, -0.15) is 0 Å². The highest BCUT2D eigenvalue weighted by atomic mass is 127. The molecule has 2 saturated heterocycles. The van der Waals surface area contributed by atoms with Crippen LogP contribution < -0.4 is 5.32 Å². The number of rotatable bonds is 7. The number of carbonyl (C=O) groups excluding carboxylic acids is 1. The van der Waals surface area contributed by atoms with E-state index in [0.29, 0.717) is 12.5 Å². The third-order valence-corrected chi connectivity index (χ3v) is 5.19. The van der Waals surface area contributed by atoms with Crippen molar-refractivity contribution in [1.82, 2.24) is 20.0 Å². The van der Waals surface area contributed by atoms with Gasteiger partial charge in [0.1, 0.15) is 0 Å².